The Morgan fingerprint density at radius 3 is 2.59 bits per heavy atom. The van der Waals surface area contributed by atoms with Crippen molar-refractivity contribution in [3.8, 4) is 23.1 Å². The molecule has 0 bridgehead atoms. The molecule has 4 heterocycles. The summed E-state index contributed by atoms with van der Waals surface area (Å²) in [5, 5.41) is 11.1. The number of nitrogens with two attached hydrogens (primary N) is 1. The number of nitrogen functional groups attached to an aromatic ring is 1. The number of aliphatic hydroxyl groups is 1. The fourth-order valence-electron chi connectivity index (χ4n) is 4.59. The van der Waals surface area contributed by atoms with Gasteiger partial charge in [0.15, 0.2) is 0 Å². The summed E-state index contributed by atoms with van der Waals surface area (Å²) in [7, 11) is 2.01. The van der Waals surface area contributed by atoms with Crippen molar-refractivity contribution in [1.82, 2.24) is 24.4 Å². The molecular weight excluding hydrogens is 445 g/mol. The Kier molecular flexibility index (Phi) is 5.30. The minimum Gasteiger partial charge on any atom is -0.378 e. The van der Waals surface area contributed by atoms with Gasteiger partial charge in [0.05, 0.1) is 17.4 Å². The van der Waals surface area contributed by atoms with Crippen LogP contribution in [-0.2, 0) is 6.18 Å². The zero-order valence-corrected chi connectivity index (χ0v) is 18.9. The van der Waals surface area contributed by atoms with Gasteiger partial charge in [-0.25, -0.2) is 15.0 Å². The number of pyridine rings is 1. The highest BCUT2D eigenvalue weighted by Gasteiger charge is 2.39. The SMILES string of the molecule is CN1CCC(n2cc(-c3nc(N)ncc3C(F)(F)F)c3cc(C#CC(C)(O)C4CC4)ncc32)C1. The quantitative estimate of drug-likeness (QED) is 0.570. The highest BCUT2D eigenvalue weighted by Crippen LogP contribution is 2.41. The topological polar surface area (TPSA) is 93.1 Å². The van der Waals surface area contributed by atoms with E-state index in [9.17, 15) is 18.3 Å². The first-order valence-electron chi connectivity index (χ1n) is 11.2. The fourth-order valence-corrected chi connectivity index (χ4v) is 4.59. The van der Waals surface area contributed by atoms with E-state index in [1.807, 2.05) is 11.6 Å². The maximum absolute atomic E-state index is 13.8. The van der Waals surface area contributed by atoms with Crippen LogP contribution in [0.4, 0.5) is 19.1 Å². The summed E-state index contributed by atoms with van der Waals surface area (Å²) in [6, 6.07) is 1.75. The number of aromatic nitrogens is 4. The van der Waals surface area contributed by atoms with Crippen molar-refractivity contribution >= 4 is 16.9 Å². The van der Waals surface area contributed by atoms with Crippen molar-refractivity contribution in [2.75, 3.05) is 25.9 Å². The molecule has 34 heavy (non-hydrogen) atoms. The Bertz CT molecular complexity index is 1320. The van der Waals surface area contributed by atoms with Gasteiger partial charge in [-0.3, -0.25) is 0 Å². The van der Waals surface area contributed by atoms with E-state index >= 15 is 0 Å². The van der Waals surface area contributed by atoms with Gasteiger partial charge in [0.25, 0.3) is 0 Å². The Labute approximate surface area is 194 Å². The van der Waals surface area contributed by atoms with Crippen molar-refractivity contribution in [1.29, 1.82) is 0 Å². The standard InChI is InChI=1S/C24H25F3N6O/c1-23(34,14-3-4-14)7-5-15-9-17-18(21-19(24(25,26)27)10-30-22(28)31-21)13-33(20(17)11-29-15)16-6-8-32(2)12-16/h9-11,13-14,16,34H,3-4,6,8,12H2,1-2H3,(H2,28,30,31). The third kappa shape index (κ3) is 4.21. The van der Waals surface area contributed by atoms with E-state index in [1.165, 1.54) is 0 Å². The molecule has 2 fully saturated rings. The summed E-state index contributed by atoms with van der Waals surface area (Å²) in [6.07, 6.45) is 2.11. The van der Waals surface area contributed by atoms with Gasteiger partial charge in [-0.1, -0.05) is 5.92 Å². The van der Waals surface area contributed by atoms with E-state index in [0.717, 1.165) is 38.5 Å². The monoisotopic (exact) mass is 470 g/mol. The van der Waals surface area contributed by atoms with E-state index in [-0.39, 0.29) is 23.6 Å². The van der Waals surface area contributed by atoms with Crippen molar-refractivity contribution in [3.05, 3.63) is 35.9 Å². The minimum absolute atomic E-state index is 0.0871. The molecule has 1 aliphatic carbocycles. The van der Waals surface area contributed by atoms with Crippen LogP contribution in [0.3, 0.4) is 0 Å². The number of likely N-dealkylation sites (N-methyl/N-ethyl adjacent to an activating group) is 1. The Hall–Kier alpha value is -3.16. The molecule has 3 aromatic heterocycles. The number of halogens is 3. The Morgan fingerprint density at radius 1 is 1.18 bits per heavy atom. The normalized spacial score (nSPS) is 20.8. The zero-order chi connectivity index (χ0) is 24.3. The Morgan fingerprint density at radius 2 is 1.94 bits per heavy atom. The molecule has 2 atom stereocenters. The molecule has 1 saturated heterocycles. The van der Waals surface area contributed by atoms with Crippen LogP contribution in [0.5, 0.6) is 0 Å². The zero-order valence-electron chi connectivity index (χ0n) is 18.9. The van der Waals surface area contributed by atoms with Gasteiger partial charge in [0.2, 0.25) is 5.95 Å². The maximum Gasteiger partial charge on any atom is 0.419 e. The smallest absolute Gasteiger partial charge is 0.378 e. The van der Waals surface area contributed by atoms with Crippen LogP contribution >= 0.6 is 0 Å². The number of hydrogen-bond acceptors (Lipinski definition) is 6. The fraction of sp³-hybridized carbons (Fsp3) is 0.458. The molecule has 2 unspecified atom stereocenters. The van der Waals surface area contributed by atoms with Crippen molar-refractivity contribution < 1.29 is 18.3 Å². The number of likely N-dealkylation sites (tertiary alicyclic amines) is 1. The van der Waals surface area contributed by atoms with E-state index in [1.54, 1.807) is 25.4 Å². The maximum atomic E-state index is 13.8. The molecule has 0 amide bonds. The molecule has 0 radical (unpaired) electrons. The van der Waals surface area contributed by atoms with Crippen molar-refractivity contribution in [3.63, 3.8) is 0 Å². The Balaban J connectivity index is 1.69. The number of rotatable bonds is 3. The summed E-state index contributed by atoms with van der Waals surface area (Å²) in [6.45, 7) is 3.34. The summed E-state index contributed by atoms with van der Waals surface area (Å²) in [5.41, 5.74) is 4.70. The highest BCUT2D eigenvalue weighted by molar-refractivity contribution is 5.96. The van der Waals surface area contributed by atoms with Gasteiger partial charge >= 0.3 is 6.18 Å². The molecule has 3 aromatic rings. The molecule has 0 aromatic carbocycles. The third-order valence-corrected chi connectivity index (χ3v) is 6.66. The van der Waals surface area contributed by atoms with Crippen LogP contribution in [0.2, 0.25) is 0 Å². The number of nitrogens with zero attached hydrogens (tertiary/aromatic N) is 5. The predicted octanol–water partition coefficient (Wildman–Crippen LogP) is 3.48. The van der Waals surface area contributed by atoms with Crippen LogP contribution in [0.25, 0.3) is 22.2 Å². The van der Waals surface area contributed by atoms with Gasteiger partial charge in [-0.2, -0.15) is 13.2 Å². The summed E-state index contributed by atoms with van der Waals surface area (Å²) in [5.74, 6) is 5.69. The lowest BCUT2D eigenvalue weighted by Crippen LogP contribution is -2.24. The van der Waals surface area contributed by atoms with Crippen LogP contribution in [-0.4, -0.2) is 55.3 Å². The van der Waals surface area contributed by atoms with Crippen molar-refractivity contribution in [2.24, 2.45) is 5.92 Å². The molecule has 5 rings (SSSR count). The second-order valence-electron chi connectivity index (χ2n) is 9.40. The molecule has 1 aliphatic heterocycles. The van der Waals surface area contributed by atoms with Crippen molar-refractivity contribution in [2.45, 2.75) is 44.0 Å². The van der Waals surface area contributed by atoms with Gasteiger partial charge in [0.1, 0.15) is 16.9 Å². The third-order valence-electron chi connectivity index (χ3n) is 6.66. The average molecular weight is 470 g/mol. The molecule has 7 nitrogen and oxygen atoms in total. The second kappa shape index (κ2) is 7.96. The van der Waals surface area contributed by atoms with E-state index in [0.29, 0.717) is 22.2 Å². The average Bonchev–Trinajstić information content (AvgIpc) is 3.45. The second-order valence-corrected chi connectivity index (χ2v) is 9.40. The molecule has 178 valence electrons. The summed E-state index contributed by atoms with van der Waals surface area (Å²) < 4.78 is 43.5. The first-order chi connectivity index (χ1) is 16.0. The number of alkyl halides is 3. The molecule has 1 saturated carbocycles. The van der Waals surface area contributed by atoms with Crippen LogP contribution in [0.1, 0.15) is 43.5 Å². The molecular formula is C24H25F3N6O. The number of hydrogen-bond donors (Lipinski definition) is 2. The molecule has 10 heteroatoms. The lowest BCUT2D eigenvalue weighted by Gasteiger charge is -2.14. The highest BCUT2D eigenvalue weighted by atomic mass is 19.4. The summed E-state index contributed by atoms with van der Waals surface area (Å²) in [4.78, 5) is 14.2. The van der Waals surface area contributed by atoms with Gasteiger partial charge < -0.3 is 20.3 Å². The minimum atomic E-state index is -4.65. The predicted molar refractivity (Wildman–Crippen MR) is 122 cm³/mol. The first-order valence-corrected chi connectivity index (χ1v) is 11.2. The van der Waals surface area contributed by atoms with Gasteiger partial charge in [-0.05, 0) is 57.7 Å². The largest absolute Gasteiger partial charge is 0.419 e. The van der Waals surface area contributed by atoms with Crippen LogP contribution in [0, 0.1) is 17.8 Å². The van der Waals surface area contributed by atoms with E-state index in [2.05, 4.69) is 31.7 Å². The van der Waals surface area contributed by atoms with Crippen LogP contribution in [0.15, 0.2) is 24.7 Å². The number of fused-ring (bicyclic) bond motifs is 1. The molecule has 2 aliphatic rings. The number of anilines is 1. The van der Waals surface area contributed by atoms with Gasteiger partial charge in [-0.15, -0.1) is 0 Å². The lowest BCUT2D eigenvalue weighted by molar-refractivity contribution is -0.137. The molecule has 0 spiro atoms. The van der Waals surface area contributed by atoms with Crippen LogP contribution < -0.4 is 5.73 Å². The van der Waals surface area contributed by atoms with Gasteiger partial charge in [0, 0.05) is 35.9 Å². The lowest BCUT2D eigenvalue weighted by atomic mass is 10.0. The first kappa shape index (κ1) is 22.6. The molecule has 3 N–H and O–H groups in total. The van der Waals surface area contributed by atoms with E-state index < -0.39 is 17.3 Å². The van der Waals surface area contributed by atoms with E-state index in [4.69, 9.17) is 5.73 Å². The summed E-state index contributed by atoms with van der Waals surface area (Å²) >= 11 is 0.